The number of carboxylic acids is 1. The third-order valence-corrected chi connectivity index (χ3v) is 7.56. The third-order valence-electron chi connectivity index (χ3n) is 7.34. The van der Waals surface area contributed by atoms with Crippen LogP contribution in [0.5, 0.6) is 11.5 Å². The molecule has 0 atom stereocenters. The molecule has 6 N–H and O–H groups in total. The second-order valence-corrected chi connectivity index (χ2v) is 59.5. The Morgan fingerprint density at radius 1 is 0.544 bits per heavy atom. The van der Waals surface area contributed by atoms with E-state index in [1.165, 1.54) is 24.3 Å². The molecule has 0 fully saturated rings. The number of aromatic carboxylic acids is 1. The van der Waals surface area contributed by atoms with Crippen molar-refractivity contribution < 1.29 is 78.4 Å². The zero-order chi connectivity index (χ0) is 51.7. The summed E-state index contributed by atoms with van der Waals surface area (Å²) in [6, 6.07) is 33.0. The first-order valence-corrected chi connectivity index (χ1v) is 42.0. The fraction of sp³-hybridized carbons (Fsp3) is 0.149. The van der Waals surface area contributed by atoms with E-state index >= 15 is 0 Å². The van der Waals surface area contributed by atoms with Crippen LogP contribution in [0.2, 0.25) is 0 Å². The second kappa shape index (κ2) is 44.9. The molecule has 0 bridgehead atoms. The van der Waals surface area contributed by atoms with E-state index in [0.717, 1.165) is 22.3 Å². The molecule has 21 heteroatoms. The summed E-state index contributed by atoms with van der Waals surface area (Å²) in [5, 5.41) is 49.6. The van der Waals surface area contributed by atoms with Crippen LogP contribution in [0.15, 0.2) is 141 Å². The molecule has 68 heavy (non-hydrogen) atoms. The Labute approximate surface area is 468 Å². The molecule has 0 radical (unpaired) electrons. The number of halogens is 6. The molecule has 0 heterocycles. The van der Waals surface area contributed by atoms with Gasteiger partial charge in [0.15, 0.2) is 0 Å². The number of aromatic hydroxyl groups is 2. The van der Waals surface area contributed by atoms with Crippen LogP contribution in [0.1, 0.15) is 63.7 Å². The SMILES string of the molecule is C=Cc1ccc(C(=O)Cl)cc1.C=Cc1ccc(C(=O)OCCO)cc1.C=Cc1ccc(C(=O)OCCOCc2ccc(O)cc2)cc1.O=C(O)c1ccc(O)cc1.OCCO.[I][V]([I])[I].[I][V][I]. The zero-order valence-corrected chi connectivity index (χ0v) is 50.4. The molecule has 0 aliphatic carbocycles. The Balaban J connectivity index is 0. The summed E-state index contributed by atoms with van der Waals surface area (Å²) >= 11 is 17.4. The maximum absolute atomic E-state index is 11.8. The van der Waals surface area contributed by atoms with E-state index in [1.807, 2.05) is 12.1 Å². The van der Waals surface area contributed by atoms with Gasteiger partial charge in [0.1, 0.15) is 24.7 Å². The van der Waals surface area contributed by atoms with Crippen LogP contribution in [0.4, 0.5) is 0 Å². The molecule has 13 nitrogen and oxygen atoms in total. The van der Waals surface area contributed by atoms with Crippen molar-refractivity contribution in [2.45, 2.75) is 6.61 Å². The first-order chi connectivity index (χ1) is 32.5. The summed E-state index contributed by atoms with van der Waals surface area (Å²) in [6.45, 7) is 11.4. The Morgan fingerprint density at radius 2 is 0.868 bits per heavy atom. The molecular formula is C47H49ClI5O13V2. The molecule has 0 spiro atoms. The number of esters is 2. The average molecular weight is 1590 g/mol. The van der Waals surface area contributed by atoms with Gasteiger partial charge in [-0.2, -0.15) is 0 Å². The van der Waals surface area contributed by atoms with Crippen molar-refractivity contribution in [2.75, 3.05) is 39.6 Å². The molecule has 0 amide bonds. The average Bonchev–Trinajstić information content (AvgIpc) is 3.34. The van der Waals surface area contributed by atoms with Crippen LogP contribution in [0, 0.1) is 0 Å². The van der Waals surface area contributed by atoms with Gasteiger partial charge >= 0.3 is 132 Å². The number of hydrogen-bond acceptors (Lipinski definition) is 12. The van der Waals surface area contributed by atoms with Gasteiger partial charge in [0.2, 0.25) is 0 Å². The number of ether oxygens (including phenoxy) is 3. The van der Waals surface area contributed by atoms with E-state index in [-0.39, 0.29) is 61.0 Å². The number of rotatable bonds is 15. The quantitative estimate of drug-likeness (QED) is 0.0249. The number of carbonyl (C=O) groups is 4. The first kappa shape index (κ1) is 68.0. The van der Waals surface area contributed by atoms with Crippen molar-refractivity contribution in [1.82, 2.24) is 0 Å². The van der Waals surface area contributed by atoms with Crippen LogP contribution >= 0.6 is 111 Å². The van der Waals surface area contributed by atoms with Gasteiger partial charge in [0.25, 0.3) is 5.24 Å². The topological polar surface area (TPSA) is 217 Å². The standard InChI is InChI=1S/C18H18O4.C11H12O3.C9H7ClO.C7H6O3.C2H6O2.5HI.2V/c1-2-14-3-7-16(8-4-14)18(20)22-12-11-21-13-15-5-9-17(19)10-6-15;1-2-9-3-5-10(6-4-9)11(13)14-8-7-12;1-2-7-3-5-8(6-4-7)9(10)11;8-6-3-1-5(2-4-6)7(9)10;3-1-2-4;;;;;;;/h2-10,19H,1,11-13H2;2-6,12H,1,7-8H2;2-6H,1H2;1-4,8H,(H,9,10);3-4H,1-2H2;5*1H;;/q;;;;;;;;;;+2;+3/p-5. The maximum atomic E-state index is 11.8. The first-order valence-electron chi connectivity index (χ1n) is 19.1. The van der Waals surface area contributed by atoms with Crippen LogP contribution in [-0.4, -0.2) is 93.4 Å². The van der Waals surface area contributed by atoms with Gasteiger partial charge in [-0.25, -0.2) is 14.4 Å². The molecule has 5 rings (SSSR count). The molecule has 5 aromatic carbocycles. The number of phenolic OH excluding ortho intramolecular Hbond substituents is 2. The molecule has 367 valence electrons. The Morgan fingerprint density at radius 3 is 1.18 bits per heavy atom. The zero-order valence-electron chi connectivity index (χ0n) is 36.1. The van der Waals surface area contributed by atoms with Gasteiger partial charge in [-0.3, -0.25) is 4.79 Å². The molecular weight excluding hydrogens is 1540 g/mol. The minimum absolute atomic E-state index is 0.0298. The predicted molar refractivity (Wildman–Crippen MR) is 305 cm³/mol. The summed E-state index contributed by atoms with van der Waals surface area (Å²) in [6.07, 6.45) is 5.12. The van der Waals surface area contributed by atoms with Gasteiger partial charge in [-0.1, -0.05) is 86.5 Å². The van der Waals surface area contributed by atoms with E-state index in [1.54, 1.807) is 103 Å². The second-order valence-electron chi connectivity index (χ2n) is 12.0. The van der Waals surface area contributed by atoms with Gasteiger partial charge in [0, 0.05) is 5.56 Å². The van der Waals surface area contributed by atoms with Crippen LogP contribution in [0.3, 0.4) is 0 Å². The van der Waals surface area contributed by atoms with Crippen LogP contribution < -0.4 is 0 Å². The number of carbonyl (C=O) groups excluding carboxylic acids is 3. The van der Waals surface area contributed by atoms with Crippen molar-refractivity contribution in [3.05, 3.63) is 186 Å². The van der Waals surface area contributed by atoms with Gasteiger partial charge in [-0.15, -0.1) is 0 Å². The van der Waals surface area contributed by atoms with Crippen molar-refractivity contribution in [2.24, 2.45) is 0 Å². The summed E-state index contributed by atoms with van der Waals surface area (Å²) < 4.78 is 15.3. The van der Waals surface area contributed by atoms with Crippen LogP contribution in [-0.2, 0) is 35.2 Å². The normalized spacial score (nSPS) is 9.26. The predicted octanol–water partition coefficient (Wildman–Crippen LogP) is 12.1. The van der Waals surface area contributed by atoms with E-state index in [2.05, 4.69) is 120 Å². The molecule has 0 aromatic heterocycles. The molecule has 0 aliphatic rings. The van der Waals surface area contributed by atoms with Crippen LogP contribution in [0.25, 0.3) is 18.2 Å². The Bertz CT molecular complexity index is 2160. The Kier molecular flexibility index (Phi) is 44.9. The number of hydrogen-bond donors (Lipinski definition) is 6. The number of benzene rings is 5. The van der Waals surface area contributed by atoms with Gasteiger partial charge in [0.05, 0.1) is 49.7 Å². The van der Waals surface area contributed by atoms with Crippen molar-refractivity contribution in [3.63, 3.8) is 0 Å². The summed E-state index contributed by atoms with van der Waals surface area (Å²) in [5.41, 5.74) is 5.50. The summed E-state index contributed by atoms with van der Waals surface area (Å²) in [5.74, 6) is -1.48. The molecule has 0 aliphatic heterocycles. The van der Waals surface area contributed by atoms with Gasteiger partial charge in [-0.05, 0) is 107 Å². The third kappa shape index (κ3) is 36.8. The minimum atomic E-state index is -0.986. The molecule has 0 saturated carbocycles. The number of carboxylic acid groups (broad SMARTS) is 1. The van der Waals surface area contributed by atoms with E-state index < -0.39 is 17.2 Å². The van der Waals surface area contributed by atoms with Crippen molar-refractivity contribution in [1.29, 1.82) is 0 Å². The molecule has 5 aromatic rings. The number of phenols is 2. The van der Waals surface area contributed by atoms with Gasteiger partial charge < -0.3 is 44.8 Å². The van der Waals surface area contributed by atoms with Crippen molar-refractivity contribution >= 4 is 153 Å². The summed E-state index contributed by atoms with van der Waals surface area (Å²) in [4.78, 5) is 43.6. The van der Waals surface area contributed by atoms with E-state index in [0.29, 0.717) is 39.4 Å². The Hall–Kier alpha value is -2.05. The fourth-order valence-electron chi connectivity index (χ4n) is 4.15. The van der Waals surface area contributed by atoms with E-state index in [9.17, 15) is 19.2 Å². The van der Waals surface area contributed by atoms with Crippen molar-refractivity contribution in [3.8, 4) is 11.5 Å². The van der Waals surface area contributed by atoms with E-state index in [4.69, 9.17) is 56.5 Å². The number of aliphatic hydroxyl groups is 3. The molecule has 0 unspecified atom stereocenters. The fourth-order valence-corrected chi connectivity index (χ4v) is 4.27. The number of aliphatic hydroxyl groups excluding tert-OH is 3. The monoisotopic (exact) mass is 1590 g/mol. The molecule has 0 saturated heterocycles. The summed E-state index contributed by atoms with van der Waals surface area (Å²) in [7, 11) is 0.628.